The van der Waals surface area contributed by atoms with Gasteiger partial charge in [0.15, 0.2) is 17.6 Å². The Morgan fingerprint density at radius 2 is 1.71 bits per heavy atom. The highest BCUT2D eigenvalue weighted by Crippen LogP contribution is 2.28. The summed E-state index contributed by atoms with van der Waals surface area (Å²) in [4.78, 5) is 12.6. The molecule has 0 aliphatic rings. The molecular formula is C17H17F2NO3S. The van der Waals surface area contributed by atoms with Gasteiger partial charge >= 0.3 is 0 Å². The van der Waals surface area contributed by atoms with E-state index in [1.807, 2.05) is 0 Å². The molecule has 0 radical (unpaired) electrons. The number of halogens is 2. The van der Waals surface area contributed by atoms with Crippen LogP contribution in [0.2, 0.25) is 0 Å². The molecule has 0 saturated carbocycles. The Kier molecular flexibility index (Phi) is 6.43. The van der Waals surface area contributed by atoms with Gasteiger partial charge in [0.2, 0.25) is 0 Å². The van der Waals surface area contributed by atoms with Crippen molar-refractivity contribution >= 4 is 23.4 Å². The van der Waals surface area contributed by atoms with Gasteiger partial charge in [-0.25, -0.2) is 0 Å². The standard InChI is InChI=1S/C17H17F2NO3S/c1-11(23-15-6-4-3-5-14(15)22-2)16(21)20-12-7-9-13(10-8-12)24-17(18)19/h3-11,17H,1-2H3,(H,20,21)/t11-/m1/s1. The number of ether oxygens (including phenoxy) is 2. The van der Waals surface area contributed by atoms with Crippen LogP contribution in [0.3, 0.4) is 0 Å². The van der Waals surface area contributed by atoms with E-state index < -0.39 is 11.9 Å². The van der Waals surface area contributed by atoms with Crippen LogP contribution in [-0.4, -0.2) is 24.9 Å². The number of hydrogen-bond acceptors (Lipinski definition) is 4. The van der Waals surface area contributed by atoms with Crippen LogP contribution in [0.1, 0.15) is 6.92 Å². The molecule has 2 aromatic rings. The second-order valence-corrected chi connectivity index (χ2v) is 5.87. The Morgan fingerprint density at radius 1 is 1.08 bits per heavy atom. The molecule has 7 heteroatoms. The topological polar surface area (TPSA) is 47.6 Å². The Hall–Kier alpha value is -2.28. The summed E-state index contributed by atoms with van der Waals surface area (Å²) in [7, 11) is 1.52. The van der Waals surface area contributed by atoms with Gasteiger partial charge in [0.05, 0.1) is 7.11 Å². The third kappa shape index (κ3) is 5.13. The van der Waals surface area contributed by atoms with Crippen molar-refractivity contribution in [3.8, 4) is 11.5 Å². The van der Waals surface area contributed by atoms with Gasteiger partial charge in [-0.1, -0.05) is 23.9 Å². The van der Waals surface area contributed by atoms with Gasteiger partial charge in [0.1, 0.15) is 0 Å². The maximum Gasteiger partial charge on any atom is 0.288 e. The summed E-state index contributed by atoms with van der Waals surface area (Å²) in [6.07, 6.45) is -0.753. The summed E-state index contributed by atoms with van der Waals surface area (Å²) in [6, 6.07) is 13.2. The van der Waals surface area contributed by atoms with E-state index in [0.29, 0.717) is 33.8 Å². The van der Waals surface area contributed by atoms with E-state index in [2.05, 4.69) is 5.32 Å². The van der Waals surface area contributed by atoms with Crippen molar-refractivity contribution < 1.29 is 23.0 Å². The molecule has 0 fully saturated rings. The number of carbonyl (C=O) groups excluding carboxylic acids is 1. The lowest BCUT2D eigenvalue weighted by atomic mass is 10.3. The maximum atomic E-state index is 12.3. The van der Waals surface area contributed by atoms with Crippen molar-refractivity contribution in [2.75, 3.05) is 12.4 Å². The minimum atomic E-state index is -2.47. The van der Waals surface area contributed by atoms with Crippen LogP contribution in [0.5, 0.6) is 11.5 Å². The van der Waals surface area contributed by atoms with Crippen molar-refractivity contribution in [3.63, 3.8) is 0 Å². The number of anilines is 1. The summed E-state index contributed by atoms with van der Waals surface area (Å²) in [5.41, 5.74) is 0.508. The Morgan fingerprint density at radius 3 is 2.29 bits per heavy atom. The number of carbonyl (C=O) groups is 1. The Balaban J connectivity index is 1.96. The van der Waals surface area contributed by atoms with Crippen LogP contribution in [0.25, 0.3) is 0 Å². The number of nitrogens with one attached hydrogen (secondary N) is 1. The monoisotopic (exact) mass is 353 g/mol. The highest BCUT2D eigenvalue weighted by molar-refractivity contribution is 7.99. The molecule has 1 N–H and O–H groups in total. The average molecular weight is 353 g/mol. The van der Waals surface area contributed by atoms with Gasteiger partial charge in [-0.2, -0.15) is 8.78 Å². The lowest BCUT2D eigenvalue weighted by Crippen LogP contribution is -2.30. The van der Waals surface area contributed by atoms with Crippen LogP contribution >= 0.6 is 11.8 Å². The number of benzene rings is 2. The molecule has 0 unspecified atom stereocenters. The fraction of sp³-hybridized carbons (Fsp3) is 0.235. The normalized spacial score (nSPS) is 11.9. The van der Waals surface area contributed by atoms with E-state index in [1.54, 1.807) is 43.3 Å². The summed E-state index contributed by atoms with van der Waals surface area (Å²) >= 11 is 0.454. The molecule has 24 heavy (non-hydrogen) atoms. The number of hydrogen-bond donors (Lipinski definition) is 1. The molecule has 0 spiro atoms. The van der Waals surface area contributed by atoms with Crippen LogP contribution in [0, 0.1) is 0 Å². The smallest absolute Gasteiger partial charge is 0.288 e. The minimum Gasteiger partial charge on any atom is -0.493 e. The molecule has 128 valence electrons. The zero-order valence-electron chi connectivity index (χ0n) is 13.2. The first kappa shape index (κ1) is 18.1. The quantitative estimate of drug-likeness (QED) is 0.749. The van der Waals surface area contributed by atoms with Crippen LogP contribution < -0.4 is 14.8 Å². The first-order valence-corrected chi connectivity index (χ1v) is 8.03. The first-order valence-electron chi connectivity index (χ1n) is 7.15. The van der Waals surface area contributed by atoms with Gasteiger partial charge < -0.3 is 14.8 Å². The fourth-order valence-corrected chi connectivity index (χ4v) is 2.42. The molecule has 0 bridgehead atoms. The average Bonchev–Trinajstić information content (AvgIpc) is 2.56. The molecule has 1 amide bonds. The molecule has 2 rings (SSSR count). The SMILES string of the molecule is COc1ccccc1O[C@H](C)C(=O)Nc1ccc(SC(F)F)cc1. The lowest BCUT2D eigenvalue weighted by Gasteiger charge is -2.16. The summed E-state index contributed by atoms with van der Waals surface area (Å²) in [5, 5.41) is 2.68. The molecule has 0 heterocycles. The molecule has 4 nitrogen and oxygen atoms in total. The predicted molar refractivity (Wildman–Crippen MR) is 90.0 cm³/mol. The summed E-state index contributed by atoms with van der Waals surface area (Å²) < 4.78 is 35.3. The van der Waals surface area contributed by atoms with Gasteiger partial charge in [0.25, 0.3) is 11.7 Å². The number of methoxy groups -OCH3 is 1. The van der Waals surface area contributed by atoms with Gasteiger partial charge in [-0.3, -0.25) is 4.79 Å². The van der Waals surface area contributed by atoms with E-state index in [9.17, 15) is 13.6 Å². The van der Waals surface area contributed by atoms with E-state index in [4.69, 9.17) is 9.47 Å². The number of alkyl halides is 2. The largest absolute Gasteiger partial charge is 0.493 e. The van der Waals surface area contributed by atoms with Crippen LogP contribution in [-0.2, 0) is 4.79 Å². The van der Waals surface area contributed by atoms with E-state index in [-0.39, 0.29) is 5.91 Å². The van der Waals surface area contributed by atoms with Crippen molar-refractivity contribution in [3.05, 3.63) is 48.5 Å². The van der Waals surface area contributed by atoms with E-state index in [0.717, 1.165) is 0 Å². The van der Waals surface area contributed by atoms with Crippen molar-refractivity contribution in [2.45, 2.75) is 23.7 Å². The number of rotatable bonds is 7. The van der Waals surface area contributed by atoms with Crippen LogP contribution in [0.4, 0.5) is 14.5 Å². The Labute approximate surface area is 143 Å². The summed E-state index contributed by atoms with van der Waals surface area (Å²) in [5.74, 6) is -1.83. The van der Waals surface area contributed by atoms with Gasteiger partial charge in [-0.05, 0) is 43.3 Å². The third-order valence-corrected chi connectivity index (χ3v) is 3.81. The molecule has 0 saturated heterocycles. The summed E-state index contributed by atoms with van der Waals surface area (Å²) in [6.45, 7) is 1.61. The molecule has 2 aromatic carbocycles. The third-order valence-electron chi connectivity index (χ3n) is 3.09. The molecule has 0 aliphatic heterocycles. The van der Waals surface area contributed by atoms with E-state index >= 15 is 0 Å². The lowest BCUT2D eigenvalue weighted by molar-refractivity contribution is -0.122. The first-order chi connectivity index (χ1) is 11.5. The van der Waals surface area contributed by atoms with Gasteiger partial charge in [-0.15, -0.1) is 0 Å². The number of para-hydroxylation sites is 2. The molecule has 0 aromatic heterocycles. The van der Waals surface area contributed by atoms with Crippen molar-refractivity contribution in [1.29, 1.82) is 0 Å². The van der Waals surface area contributed by atoms with E-state index in [1.165, 1.54) is 19.2 Å². The highest BCUT2D eigenvalue weighted by atomic mass is 32.2. The zero-order chi connectivity index (χ0) is 17.5. The number of amides is 1. The zero-order valence-corrected chi connectivity index (χ0v) is 14.0. The fourth-order valence-electron chi connectivity index (χ4n) is 1.92. The second kappa shape index (κ2) is 8.54. The predicted octanol–water partition coefficient (Wildman–Crippen LogP) is 4.42. The maximum absolute atomic E-state index is 12.3. The number of thioether (sulfide) groups is 1. The molecular weight excluding hydrogens is 336 g/mol. The van der Waals surface area contributed by atoms with Crippen molar-refractivity contribution in [1.82, 2.24) is 0 Å². The van der Waals surface area contributed by atoms with Crippen molar-refractivity contribution in [2.24, 2.45) is 0 Å². The van der Waals surface area contributed by atoms with Gasteiger partial charge in [0, 0.05) is 10.6 Å². The molecule has 0 aliphatic carbocycles. The molecule has 1 atom stereocenters. The minimum absolute atomic E-state index is 0.352. The highest BCUT2D eigenvalue weighted by Gasteiger charge is 2.17. The second-order valence-electron chi connectivity index (χ2n) is 4.80. The van der Waals surface area contributed by atoms with Crippen LogP contribution in [0.15, 0.2) is 53.4 Å². The Bertz CT molecular complexity index is 680.